The van der Waals surface area contributed by atoms with E-state index in [0.717, 1.165) is 11.3 Å². The molecule has 2 rings (SSSR count). The molecule has 0 saturated carbocycles. The zero-order valence-corrected chi connectivity index (χ0v) is 15.0. The van der Waals surface area contributed by atoms with Crippen molar-refractivity contribution in [3.63, 3.8) is 0 Å². The third-order valence-corrected chi connectivity index (χ3v) is 4.10. The van der Waals surface area contributed by atoms with Gasteiger partial charge in [-0.1, -0.05) is 41.4 Å². The average Bonchev–Trinajstić information content (AvgIpc) is 2.51. The highest BCUT2D eigenvalue weighted by molar-refractivity contribution is 6.36. The fourth-order valence-electron chi connectivity index (χ4n) is 2.33. The number of aryl methyl sites for hydroxylation is 1. The normalized spacial score (nSPS) is 10.3. The quantitative estimate of drug-likeness (QED) is 0.836. The molecule has 0 aliphatic rings. The highest BCUT2D eigenvalue weighted by Gasteiger charge is 2.15. The number of carbonyl (C=O) groups is 2. The van der Waals surface area contributed by atoms with Crippen LogP contribution in [0, 0.1) is 6.92 Å². The minimum Gasteiger partial charge on any atom is -0.325 e. The SMILES string of the molecule is CC(=O)N(CCC(=O)Nc1ccc(Cl)cc1Cl)c1ccccc1C. The minimum atomic E-state index is -0.223. The second-order valence-corrected chi connectivity index (χ2v) is 6.22. The Balaban J connectivity index is 2.03. The molecule has 0 radical (unpaired) electrons. The fraction of sp³-hybridized carbons (Fsp3) is 0.222. The van der Waals surface area contributed by atoms with Crippen molar-refractivity contribution in [3.05, 3.63) is 58.1 Å². The van der Waals surface area contributed by atoms with Crippen LogP contribution in [0.1, 0.15) is 18.9 Å². The van der Waals surface area contributed by atoms with Gasteiger partial charge in [-0.25, -0.2) is 0 Å². The second-order valence-electron chi connectivity index (χ2n) is 5.38. The summed E-state index contributed by atoms with van der Waals surface area (Å²) in [5.74, 6) is -0.333. The summed E-state index contributed by atoms with van der Waals surface area (Å²) < 4.78 is 0. The van der Waals surface area contributed by atoms with Crippen LogP contribution in [-0.4, -0.2) is 18.4 Å². The highest BCUT2D eigenvalue weighted by atomic mass is 35.5. The van der Waals surface area contributed by atoms with Gasteiger partial charge in [-0.3, -0.25) is 9.59 Å². The van der Waals surface area contributed by atoms with Crippen LogP contribution < -0.4 is 10.2 Å². The minimum absolute atomic E-state index is 0.110. The number of hydrogen-bond acceptors (Lipinski definition) is 2. The predicted octanol–water partition coefficient (Wildman–Crippen LogP) is 4.68. The Morgan fingerprint density at radius 2 is 1.83 bits per heavy atom. The number of carbonyl (C=O) groups excluding carboxylic acids is 2. The van der Waals surface area contributed by atoms with Crippen molar-refractivity contribution in [3.8, 4) is 0 Å². The maximum absolute atomic E-state index is 12.2. The lowest BCUT2D eigenvalue weighted by Crippen LogP contribution is -2.32. The molecule has 0 aliphatic heterocycles. The summed E-state index contributed by atoms with van der Waals surface area (Å²) >= 11 is 11.9. The van der Waals surface area contributed by atoms with E-state index in [1.54, 1.807) is 23.1 Å². The van der Waals surface area contributed by atoms with Crippen molar-refractivity contribution in [1.82, 2.24) is 0 Å². The summed E-state index contributed by atoms with van der Waals surface area (Å²) in [7, 11) is 0. The first kappa shape index (κ1) is 18.3. The Kier molecular flexibility index (Phi) is 6.23. The van der Waals surface area contributed by atoms with E-state index in [1.807, 2.05) is 31.2 Å². The third kappa shape index (κ3) is 4.73. The number of hydrogen-bond donors (Lipinski definition) is 1. The van der Waals surface area contributed by atoms with Gasteiger partial charge in [0.05, 0.1) is 10.7 Å². The first-order chi connectivity index (χ1) is 11.4. The predicted molar refractivity (Wildman–Crippen MR) is 98.9 cm³/mol. The van der Waals surface area contributed by atoms with Gasteiger partial charge in [0, 0.05) is 30.6 Å². The van der Waals surface area contributed by atoms with Crippen LogP contribution in [0.3, 0.4) is 0 Å². The van der Waals surface area contributed by atoms with Gasteiger partial charge in [-0.05, 0) is 36.8 Å². The van der Waals surface area contributed by atoms with Gasteiger partial charge >= 0.3 is 0 Å². The van der Waals surface area contributed by atoms with Crippen molar-refractivity contribution in [2.75, 3.05) is 16.8 Å². The molecule has 0 saturated heterocycles. The van der Waals surface area contributed by atoms with Gasteiger partial charge in [0.2, 0.25) is 11.8 Å². The van der Waals surface area contributed by atoms with Gasteiger partial charge in [-0.2, -0.15) is 0 Å². The topological polar surface area (TPSA) is 49.4 Å². The van der Waals surface area contributed by atoms with Crippen LogP contribution in [0.25, 0.3) is 0 Å². The molecule has 6 heteroatoms. The number of benzene rings is 2. The molecule has 2 aromatic carbocycles. The van der Waals surface area contributed by atoms with E-state index in [9.17, 15) is 9.59 Å². The summed E-state index contributed by atoms with van der Waals surface area (Å²) in [6.45, 7) is 3.70. The van der Waals surface area contributed by atoms with Crippen LogP contribution >= 0.6 is 23.2 Å². The Labute approximate surface area is 151 Å². The molecule has 1 N–H and O–H groups in total. The third-order valence-electron chi connectivity index (χ3n) is 3.55. The van der Waals surface area contributed by atoms with Gasteiger partial charge in [0.1, 0.15) is 0 Å². The monoisotopic (exact) mass is 364 g/mol. The lowest BCUT2D eigenvalue weighted by molar-refractivity contribution is -0.117. The maximum Gasteiger partial charge on any atom is 0.226 e. The largest absolute Gasteiger partial charge is 0.325 e. The molecular weight excluding hydrogens is 347 g/mol. The fourth-order valence-corrected chi connectivity index (χ4v) is 2.79. The van der Waals surface area contributed by atoms with E-state index >= 15 is 0 Å². The van der Waals surface area contributed by atoms with Crippen LogP contribution in [0.4, 0.5) is 11.4 Å². The lowest BCUT2D eigenvalue weighted by atomic mass is 10.1. The number of nitrogens with one attached hydrogen (secondary N) is 1. The summed E-state index contributed by atoms with van der Waals surface area (Å²) in [5, 5.41) is 3.60. The number of amides is 2. The summed E-state index contributed by atoms with van der Waals surface area (Å²) in [4.78, 5) is 25.7. The molecule has 4 nitrogen and oxygen atoms in total. The number of rotatable bonds is 5. The average molecular weight is 365 g/mol. The first-order valence-electron chi connectivity index (χ1n) is 7.47. The van der Waals surface area contributed by atoms with Crippen molar-refractivity contribution in [2.45, 2.75) is 20.3 Å². The Morgan fingerprint density at radius 1 is 1.12 bits per heavy atom. The molecule has 126 valence electrons. The van der Waals surface area contributed by atoms with E-state index < -0.39 is 0 Å². The Hall–Kier alpha value is -2.04. The molecule has 2 amide bonds. The van der Waals surface area contributed by atoms with Crippen molar-refractivity contribution in [2.24, 2.45) is 0 Å². The molecule has 0 bridgehead atoms. The maximum atomic E-state index is 12.2. The lowest BCUT2D eigenvalue weighted by Gasteiger charge is -2.23. The second kappa shape index (κ2) is 8.18. The summed E-state index contributed by atoms with van der Waals surface area (Å²) in [6.07, 6.45) is 0.160. The van der Waals surface area contributed by atoms with E-state index in [0.29, 0.717) is 15.7 Å². The first-order valence-corrected chi connectivity index (χ1v) is 8.22. The van der Waals surface area contributed by atoms with E-state index in [-0.39, 0.29) is 24.8 Å². The zero-order valence-electron chi connectivity index (χ0n) is 13.5. The van der Waals surface area contributed by atoms with Crippen LogP contribution in [0.2, 0.25) is 10.0 Å². The van der Waals surface area contributed by atoms with Crippen LogP contribution in [-0.2, 0) is 9.59 Å². The number of para-hydroxylation sites is 1. The Morgan fingerprint density at radius 3 is 2.46 bits per heavy atom. The van der Waals surface area contributed by atoms with Crippen LogP contribution in [0.5, 0.6) is 0 Å². The smallest absolute Gasteiger partial charge is 0.226 e. The van der Waals surface area contributed by atoms with Gasteiger partial charge in [0.25, 0.3) is 0 Å². The molecule has 0 aromatic heterocycles. The van der Waals surface area contributed by atoms with E-state index in [2.05, 4.69) is 5.32 Å². The van der Waals surface area contributed by atoms with Crippen molar-refractivity contribution >= 4 is 46.4 Å². The van der Waals surface area contributed by atoms with Gasteiger partial charge < -0.3 is 10.2 Å². The molecule has 24 heavy (non-hydrogen) atoms. The van der Waals surface area contributed by atoms with Gasteiger partial charge in [-0.15, -0.1) is 0 Å². The molecule has 0 unspecified atom stereocenters. The molecule has 0 fully saturated rings. The standard InChI is InChI=1S/C18H18Cl2N2O2/c1-12-5-3-4-6-17(12)22(13(2)23)10-9-18(24)21-16-8-7-14(19)11-15(16)20/h3-8,11H,9-10H2,1-2H3,(H,21,24). The molecule has 0 aliphatic carbocycles. The molecule has 0 spiro atoms. The molecule has 0 atom stereocenters. The number of halogens is 2. The van der Waals surface area contributed by atoms with E-state index in [4.69, 9.17) is 23.2 Å². The van der Waals surface area contributed by atoms with E-state index in [1.165, 1.54) is 6.92 Å². The molecular formula is C18H18Cl2N2O2. The van der Waals surface area contributed by atoms with Crippen molar-refractivity contribution in [1.29, 1.82) is 0 Å². The molecule has 2 aromatic rings. The molecule has 0 heterocycles. The van der Waals surface area contributed by atoms with Crippen LogP contribution in [0.15, 0.2) is 42.5 Å². The summed E-state index contributed by atoms with van der Waals surface area (Å²) in [5.41, 5.74) is 2.28. The van der Waals surface area contributed by atoms with Crippen molar-refractivity contribution < 1.29 is 9.59 Å². The summed E-state index contributed by atoms with van der Waals surface area (Å²) in [6, 6.07) is 12.4. The van der Waals surface area contributed by atoms with Gasteiger partial charge in [0.15, 0.2) is 0 Å². The Bertz CT molecular complexity index is 762. The highest BCUT2D eigenvalue weighted by Crippen LogP contribution is 2.25. The zero-order chi connectivity index (χ0) is 17.7. The number of nitrogens with zero attached hydrogens (tertiary/aromatic N) is 1. The number of anilines is 2.